The van der Waals surface area contributed by atoms with Crippen LogP contribution in [-0.2, 0) is 4.74 Å². The van der Waals surface area contributed by atoms with Crippen molar-refractivity contribution in [3.63, 3.8) is 0 Å². The molecule has 2 aromatic rings. The van der Waals surface area contributed by atoms with Gasteiger partial charge in [-0.1, -0.05) is 25.1 Å². The standard InChI is InChI=1S/C30H38FN3O3/c1-27-9-11-29(31)15-21-24(35)25(36)22(34(2)3)16-28(21)10-12-30(29,37-28)23(27)7-6-20(27)18-5-4-17-8-13-33-26(32)19(17)14-18/h4-6,8,13-14,21-25,35-36H,7,9-12,15-16H2,1-3H3,(H2,32,33)/t21?,22-,23?,24+,25+,27+,28+,29?,30-/m0/s1. The molecule has 0 amide bonds. The van der Waals surface area contributed by atoms with Crippen LogP contribution in [-0.4, -0.2) is 69.3 Å². The number of aliphatic hydroxyl groups is 2. The van der Waals surface area contributed by atoms with Crippen molar-refractivity contribution in [2.24, 2.45) is 17.3 Å². The van der Waals surface area contributed by atoms with E-state index in [1.54, 1.807) is 6.20 Å². The number of nitrogen functional groups attached to an aromatic ring is 1. The van der Waals surface area contributed by atoms with Crippen LogP contribution in [0.4, 0.5) is 10.2 Å². The maximum Gasteiger partial charge on any atom is 0.140 e. The Hall–Kier alpha value is -2.06. The molecule has 37 heavy (non-hydrogen) atoms. The lowest BCUT2D eigenvalue weighted by Crippen LogP contribution is -2.72. The molecule has 2 aliphatic heterocycles. The number of pyridine rings is 1. The minimum atomic E-state index is -1.51. The fourth-order valence-corrected chi connectivity index (χ4v) is 9.37. The molecule has 5 aliphatic rings. The second-order valence-electron chi connectivity index (χ2n) is 13.0. The van der Waals surface area contributed by atoms with Crippen molar-refractivity contribution < 1.29 is 19.3 Å². The summed E-state index contributed by atoms with van der Waals surface area (Å²) in [6.45, 7) is 2.30. The molecular formula is C30H38FN3O3. The highest BCUT2D eigenvalue weighted by atomic mass is 19.1. The highest BCUT2D eigenvalue weighted by molar-refractivity contribution is 5.93. The molecule has 7 heteroatoms. The van der Waals surface area contributed by atoms with E-state index in [2.05, 4.69) is 36.2 Å². The van der Waals surface area contributed by atoms with Crippen LogP contribution < -0.4 is 5.73 Å². The molecule has 6 nitrogen and oxygen atoms in total. The Labute approximate surface area is 217 Å². The Morgan fingerprint density at radius 1 is 1.08 bits per heavy atom. The number of alkyl halides is 1. The van der Waals surface area contributed by atoms with Crippen LogP contribution >= 0.6 is 0 Å². The SMILES string of the molecule is CN(C)[C@H]1C[C@@]23CC[C@]4(O2)C2CC=C(c5ccc6ccnc(N)c6c5)[C@@]2(C)CCC4(F)CC3[C@@H](O)[C@@H]1O. The molecule has 3 aliphatic carbocycles. The molecule has 9 atom stereocenters. The lowest BCUT2D eigenvalue weighted by atomic mass is 9.51. The van der Waals surface area contributed by atoms with Crippen molar-refractivity contribution >= 4 is 22.2 Å². The van der Waals surface area contributed by atoms with Crippen LogP contribution in [0.3, 0.4) is 0 Å². The van der Waals surface area contributed by atoms with E-state index in [-0.39, 0.29) is 29.7 Å². The first-order chi connectivity index (χ1) is 17.5. The van der Waals surface area contributed by atoms with Crippen LogP contribution in [0.5, 0.6) is 0 Å². The fourth-order valence-electron chi connectivity index (χ4n) is 9.37. The average Bonchev–Trinajstić information content (AvgIpc) is 3.40. The van der Waals surface area contributed by atoms with E-state index >= 15 is 4.39 Å². The van der Waals surface area contributed by atoms with Gasteiger partial charge in [-0.25, -0.2) is 9.37 Å². The number of nitrogens with two attached hydrogens (primary N) is 1. The maximum atomic E-state index is 17.2. The van der Waals surface area contributed by atoms with Crippen LogP contribution in [0.15, 0.2) is 36.5 Å². The van der Waals surface area contributed by atoms with E-state index in [0.29, 0.717) is 25.1 Å². The first-order valence-electron chi connectivity index (χ1n) is 13.8. The van der Waals surface area contributed by atoms with Gasteiger partial charge in [0.25, 0.3) is 0 Å². The second kappa shape index (κ2) is 7.53. The number of fused-ring (bicyclic) bond motifs is 2. The third-order valence-corrected chi connectivity index (χ3v) is 11.3. The Morgan fingerprint density at radius 2 is 1.89 bits per heavy atom. The summed E-state index contributed by atoms with van der Waals surface area (Å²) in [5.74, 6) is 0.170. The molecule has 1 aromatic carbocycles. The number of hydrogen-bond acceptors (Lipinski definition) is 6. The number of aromatic nitrogens is 1. The lowest BCUT2D eigenvalue weighted by molar-refractivity contribution is -0.314. The Kier molecular flexibility index (Phi) is 4.89. The number of ether oxygens (including phenoxy) is 1. The van der Waals surface area contributed by atoms with Gasteiger partial charge in [-0.3, -0.25) is 0 Å². The summed E-state index contributed by atoms with van der Waals surface area (Å²) in [5, 5.41) is 24.1. The topological polar surface area (TPSA) is 91.8 Å². The second-order valence-corrected chi connectivity index (χ2v) is 13.0. The van der Waals surface area contributed by atoms with E-state index in [9.17, 15) is 10.2 Å². The van der Waals surface area contributed by atoms with Crippen molar-refractivity contribution in [3.8, 4) is 0 Å². The Bertz CT molecular complexity index is 1320. The summed E-state index contributed by atoms with van der Waals surface area (Å²) in [5.41, 5.74) is 5.42. The summed E-state index contributed by atoms with van der Waals surface area (Å²) < 4.78 is 24.3. The average molecular weight is 508 g/mol. The van der Waals surface area contributed by atoms with E-state index in [1.807, 2.05) is 25.1 Å². The monoisotopic (exact) mass is 507 g/mol. The van der Waals surface area contributed by atoms with E-state index < -0.39 is 29.1 Å². The third kappa shape index (κ3) is 2.92. The molecule has 4 fully saturated rings. The van der Waals surface area contributed by atoms with E-state index in [4.69, 9.17) is 10.5 Å². The molecule has 2 saturated heterocycles. The summed E-state index contributed by atoms with van der Waals surface area (Å²) in [6, 6.07) is 8.16. The van der Waals surface area contributed by atoms with Crippen molar-refractivity contribution in [1.29, 1.82) is 0 Å². The number of anilines is 1. The van der Waals surface area contributed by atoms with Gasteiger partial charge in [0, 0.05) is 29.5 Å². The number of aliphatic hydroxyl groups excluding tert-OH is 2. The number of likely N-dealkylation sites (N-methyl/N-ethyl adjacent to an activating group) is 1. The zero-order chi connectivity index (χ0) is 26.0. The molecule has 3 heterocycles. The van der Waals surface area contributed by atoms with Crippen molar-refractivity contribution in [1.82, 2.24) is 9.88 Å². The molecule has 3 unspecified atom stereocenters. The number of benzene rings is 1. The van der Waals surface area contributed by atoms with Crippen molar-refractivity contribution in [2.75, 3.05) is 19.8 Å². The molecule has 2 saturated carbocycles. The molecular weight excluding hydrogens is 469 g/mol. The van der Waals surface area contributed by atoms with Gasteiger partial charge in [0.15, 0.2) is 0 Å². The number of allylic oxidation sites excluding steroid dienone is 2. The van der Waals surface area contributed by atoms with Gasteiger partial charge in [-0.15, -0.1) is 0 Å². The molecule has 2 bridgehead atoms. The molecule has 7 rings (SSSR count). The molecule has 0 radical (unpaired) electrons. The maximum absolute atomic E-state index is 17.2. The van der Waals surface area contributed by atoms with Crippen LogP contribution in [0.1, 0.15) is 57.4 Å². The smallest absolute Gasteiger partial charge is 0.140 e. The number of nitrogens with zero attached hydrogens (tertiary/aromatic N) is 2. The van der Waals surface area contributed by atoms with E-state index in [0.717, 1.165) is 35.6 Å². The normalized spacial score (nSPS) is 46.5. The Morgan fingerprint density at radius 3 is 2.68 bits per heavy atom. The summed E-state index contributed by atoms with van der Waals surface area (Å²) in [6.07, 6.45) is 6.37. The minimum Gasteiger partial charge on any atom is -0.390 e. The van der Waals surface area contributed by atoms with Gasteiger partial charge in [-0.05, 0) is 93.1 Å². The number of hydrogen-bond donors (Lipinski definition) is 3. The van der Waals surface area contributed by atoms with Gasteiger partial charge in [0.2, 0.25) is 0 Å². The van der Waals surface area contributed by atoms with Gasteiger partial charge in [0.1, 0.15) is 17.1 Å². The zero-order valence-electron chi connectivity index (χ0n) is 22.0. The number of halogens is 1. The quantitative estimate of drug-likeness (QED) is 0.567. The van der Waals surface area contributed by atoms with Gasteiger partial charge in [0.05, 0.1) is 17.8 Å². The number of rotatable bonds is 2. The van der Waals surface area contributed by atoms with Crippen LogP contribution in [0.25, 0.3) is 16.3 Å². The molecule has 198 valence electrons. The molecule has 1 aromatic heterocycles. The zero-order valence-corrected chi connectivity index (χ0v) is 22.0. The highest BCUT2D eigenvalue weighted by Crippen LogP contribution is 2.72. The van der Waals surface area contributed by atoms with Crippen LogP contribution in [0.2, 0.25) is 0 Å². The van der Waals surface area contributed by atoms with Crippen molar-refractivity contribution in [3.05, 3.63) is 42.1 Å². The van der Waals surface area contributed by atoms with Gasteiger partial charge in [-0.2, -0.15) is 0 Å². The molecule has 4 N–H and O–H groups in total. The minimum absolute atomic E-state index is 0.0258. The summed E-state index contributed by atoms with van der Waals surface area (Å²) in [7, 11) is 3.86. The van der Waals surface area contributed by atoms with Crippen LogP contribution in [0, 0.1) is 17.3 Å². The summed E-state index contributed by atoms with van der Waals surface area (Å²) >= 11 is 0. The predicted octanol–water partition coefficient (Wildman–Crippen LogP) is 4.09. The third-order valence-electron chi connectivity index (χ3n) is 11.3. The van der Waals surface area contributed by atoms with E-state index in [1.165, 1.54) is 5.57 Å². The largest absolute Gasteiger partial charge is 0.390 e. The predicted molar refractivity (Wildman–Crippen MR) is 141 cm³/mol. The molecule has 2 spiro atoms. The Balaban J connectivity index is 1.27. The van der Waals surface area contributed by atoms with Gasteiger partial charge < -0.3 is 25.6 Å². The first-order valence-corrected chi connectivity index (χ1v) is 13.8. The van der Waals surface area contributed by atoms with Gasteiger partial charge >= 0.3 is 0 Å². The summed E-state index contributed by atoms with van der Waals surface area (Å²) in [4.78, 5) is 6.26. The van der Waals surface area contributed by atoms with Crippen molar-refractivity contribution in [2.45, 2.75) is 87.0 Å². The first kappa shape index (κ1) is 24.0. The lowest BCUT2D eigenvalue weighted by Gasteiger charge is -2.64. The highest BCUT2D eigenvalue weighted by Gasteiger charge is 2.77. The fraction of sp³-hybridized carbons (Fsp3) is 0.633.